The Morgan fingerprint density at radius 3 is 2.83 bits per heavy atom. The van der Waals surface area contributed by atoms with Crippen LogP contribution in [0.15, 0.2) is 0 Å². The van der Waals surface area contributed by atoms with E-state index in [1.807, 2.05) is 18.7 Å². The third kappa shape index (κ3) is 4.37. The van der Waals surface area contributed by atoms with E-state index < -0.39 is 0 Å². The molecule has 3 rings (SSSR count). The van der Waals surface area contributed by atoms with Crippen molar-refractivity contribution < 1.29 is 19.0 Å². The highest BCUT2D eigenvalue weighted by Crippen LogP contribution is 2.34. The van der Waals surface area contributed by atoms with Crippen LogP contribution in [0.4, 0.5) is 4.79 Å². The predicted octanol–water partition coefficient (Wildman–Crippen LogP) is 1.78. The van der Waals surface area contributed by atoms with Gasteiger partial charge in [-0.3, -0.25) is 0 Å². The maximum atomic E-state index is 12.5. The molecule has 1 spiro atoms. The van der Waals surface area contributed by atoms with Crippen LogP contribution in [0.5, 0.6) is 0 Å². The van der Waals surface area contributed by atoms with E-state index in [9.17, 15) is 4.79 Å². The molecule has 23 heavy (non-hydrogen) atoms. The van der Waals surface area contributed by atoms with E-state index in [1.165, 1.54) is 0 Å². The molecule has 0 aromatic heterocycles. The van der Waals surface area contributed by atoms with Crippen molar-refractivity contribution >= 4 is 6.03 Å². The number of nitrogens with one attached hydrogen (secondary N) is 1. The first kappa shape index (κ1) is 17.0. The summed E-state index contributed by atoms with van der Waals surface area (Å²) in [5.41, 5.74) is -0.648. The highest BCUT2D eigenvalue weighted by molar-refractivity contribution is 5.74. The summed E-state index contributed by atoms with van der Waals surface area (Å²) in [6.45, 7) is 9.15. The lowest BCUT2D eigenvalue weighted by atomic mass is 9.95. The average molecular weight is 326 g/mol. The lowest BCUT2D eigenvalue weighted by molar-refractivity contribution is -0.185. The number of nitrogens with zero attached hydrogens (tertiary/aromatic N) is 1. The van der Waals surface area contributed by atoms with Crippen molar-refractivity contribution in [3.63, 3.8) is 0 Å². The van der Waals surface area contributed by atoms with E-state index in [-0.39, 0.29) is 17.2 Å². The zero-order valence-corrected chi connectivity index (χ0v) is 14.4. The first-order chi connectivity index (χ1) is 11.0. The molecule has 6 nitrogen and oxygen atoms in total. The number of carbonyl (C=O) groups is 1. The van der Waals surface area contributed by atoms with Crippen LogP contribution in [-0.2, 0) is 14.2 Å². The smallest absolute Gasteiger partial charge is 0.317 e. The van der Waals surface area contributed by atoms with Gasteiger partial charge in [0.1, 0.15) is 5.60 Å². The summed E-state index contributed by atoms with van der Waals surface area (Å²) < 4.78 is 17.1. The molecule has 2 amide bonds. The van der Waals surface area contributed by atoms with Gasteiger partial charge >= 0.3 is 6.03 Å². The van der Waals surface area contributed by atoms with Crippen LogP contribution in [0.3, 0.4) is 0 Å². The van der Waals surface area contributed by atoms with E-state index in [4.69, 9.17) is 14.2 Å². The molecule has 3 saturated heterocycles. The molecule has 0 aromatic rings. The lowest BCUT2D eigenvalue weighted by Crippen LogP contribution is -2.62. The van der Waals surface area contributed by atoms with Gasteiger partial charge in [0, 0.05) is 32.8 Å². The number of carbonyl (C=O) groups excluding carboxylic acids is 1. The summed E-state index contributed by atoms with van der Waals surface area (Å²) >= 11 is 0. The van der Waals surface area contributed by atoms with Crippen LogP contribution in [0.1, 0.15) is 39.5 Å². The molecule has 0 aliphatic carbocycles. The van der Waals surface area contributed by atoms with Crippen LogP contribution in [-0.4, -0.2) is 68.2 Å². The highest BCUT2D eigenvalue weighted by atomic mass is 16.6. The number of hydrogen-bond donors (Lipinski definition) is 1. The molecule has 3 aliphatic rings. The fourth-order valence-electron chi connectivity index (χ4n) is 3.96. The summed E-state index contributed by atoms with van der Waals surface area (Å²) in [4.78, 5) is 14.4. The van der Waals surface area contributed by atoms with Gasteiger partial charge in [-0.05, 0) is 39.0 Å². The maximum Gasteiger partial charge on any atom is 0.317 e. The second-order valence-electron chi connectivity index (χ2n) is 7.81. The second-order valence-corrected chi connectivity index (χ2v) is 7.81. The van der Waals surface area contributed by atoms with Crippen molar-refractivity contribution in [1.82, 2.24) is 10.2 Å². The largest absolute Gasteiger partial charge is 0.381 e. The third-order valence-corrected chi connectivity index (χ3v) is 4.99. The summed E-state index contributed by atoms with van der Waals surface area (Å²) in [5.74, 6) is 0.674. The molecule has 3 heterocycles. The zero-order chi connectivity index (χ0) is 16.3. The predicted molar refractivity (Wildman–Crippen MR) is 86.5 cm³/mol. The highest BCUT2D eigenvalue weighted by Gasteiger charge is 2.47. The Hall–Kier alpha value is -0.850. The molecule has 0 saturated carbocycles. The minimum absolute atomic E-state index is 0.0234. The molecule has 0 bridgehead atoms. The van der Waals surface area contributed by atoms with Crippen molar-refractivity contribution in [3.05, 3.63) is 0 Å². The topological polar surface area (TPSA) is 60.0 Å². The number of ether oxygens (including phenoxy) is 3. The van der Waals surface area contributed by atoms with Crippen molar-refractivity contribution in [1.29, 1.82) is 0 Å². The van der Waals surface area contributed by atoms with Gasteiger partial charge in [0.05, 0.1) is 25.3 Å². The molecule has 0 aromatic carbocycles. The second kappa shape index (κ2) is 6.95. The molecule has 1 N–H and O–H groups in total. The molecule has 3 fully saturated rings. The Labute approximate surface area is 138 Å². The Bertz CT molecular complexity index is 415. The van der Waals surface area contributed by atoms with Gasteiger partial charge in [-0.2, -0.15) is 0 Å². The minimum atomic E-state index is -0.329. The minimum Gasteiger partial charge on any atom is -0.381 e. The van der Waals surface area contributed by atoms with Gasteiger partial charge in [-0.1, -0.05) is 0 Å². The molecule has 6 heteroatoms. The fourth-order valence-corrected chi connectivity index (χ4v) is 3.96. The lowest BCUT2D eigenvalue weighted by Gasteiger charge is -2.47. The number of rotatable bonds is 4. The Morgan fingerprint density at radius 1 is 1.26 bits per heavy atom. The van der Waals surface area contributed by atoms with Crippen molar-refractivity contribution in [2.45, 2.75) is 50.7 Å². The normalized spacial score (nSPS) is 33.3. The summed E-state index contributed by atoms with van der Waals surface area (Å²) in [6, 6.07) is 0.0234. The van der Waals surface area contributed by atoms with E-state index in [0.717, 1.165) is 52.0 Å². The SMILES string of the molecule is CC1(C)CN(C(=O)NCCCC2CCOC2)CC2(CCOC2)O1. The van der Waals surface area contributed by atoms with E-state index in [1.54, 1.807) is 0 Å². The van der Waals surface area contributed by atoms with Crippen molar-refractivity contribution in [2.24, 2.45) is 5.92 Å². The standard InChI is InChI=1S/C17H30N2O4/c1-16(2)11-19(12-17(23-16)6-9-22-13-17)15(20)18-7-3-4-14-5-8-21-10-14/h14H,3-13H2,1-2H3,(H,18,20). The van der Waals surface area contributed by atoms with Crippen LogP contribution in [0, 0.1) is 5.92 Å². The molecule has 2 unspecified atom stereocenters. The summed E-state index contributed by atoms with van der Waals surface area (Å²) in [7, 11) is 0. The molecular formula is C17H30N2O4. The first-order valence-corrected chi connectivity index (χ1v) is 8.87. The molecule has 0 radical (unpaired) electrons. The van der Waals surface area contributed by atoms with E-state index in [2.05, 4.69) is 5.32 Å². The maximum absolute atomic E-state index is 12.5. The Morgan fingerprint density at radius 2 is 2.13 bits per heavy atom. The van der Waals surface area contributed by atoms with Gasteiger partial charge in [-0.25, -0.2) is 4.79 Å². The van der Waals surface area contributed by atoms with Gasteiger partial charge in [0.2, 0.25) is 0 Å². The van der Waals surface area contributed by atoms with Gasteiger partial charge < -0.3 is 24.4 Å². The number of amides is 2. The van der Waals surface area contributed by atoms with Gasteiger partial charge in [0.25, 0.3) is 0 Å². The zero-order valence-electron chi connectivity index (χ0n) is 14.4. The summed E-state index contributed by atoms with van der Waals surface area (Å²) in [6.07, 6.45) is 4.17. The quantitative estimate of drug-likeness (QED) is 0.800. The molecule has 132 valence electrons. The number of morpholine rings is 1. The van der Waals surface area contributed by atoms with E-state index >= 15 is 0 Å². The first-order valence-electron chi connectivity index (χ1n) is 8.87. The van der Waals surface area contributed by atoms with E-state index in [0.29, 0.717) is 25.6 Å². The number of hydrogen-bond acceptors (Lipinski definition) is 4. The van der Waals surface area contributed by atoms with Crippen LogP contribution >= 0.6 is 0 Å². The van der Waals surface area contributed by atoms with Crippen LogP contribution < -0.4 is 5.32 Å². The average Bonchev–Trinajstić information content (AvgIpc) is 3.13. The third-order valence-electron chi connectivity index (χ3n) is 4.99. The van der Waals surface area contributed by atoms with Gasteiger partial charge in [0.15, 0.2) is 0 Å². The molecule has 3 aliphatic heterocycles. The van der Waals surface area contributed by atoms with Crippen molar-refractivity contribution in [3.8, 4) is 0 Å². The van der Waals surface area contributed by atoms with Crippen molar-refractivity contribution in [2.75, 3.05) is 46.1 Å². The molecular weight excluding hydrogens is 296 g/mol. The Kier molecular flexibility index (Phi) is 5.13. The Balaban J connectivity index is 1.45. The monoisotopic (exact) mass is 326 g/mol. The van der Waals surface area contributed by atoms with Gasteiger partial charge in [-0.15, -0.1) is 0 Å². The summed E-state index contributed by atoms with van der Waals surface area (Å²) in [5, 5.41) is 3.07. The molecule has 2 atom stereocenters. The van der Waals surface area contributed by atoms with Crippen LogP contribution in [0.2, 0.25) is 0 Å². The number of urea groups is 1. The van der Waals surface area contributed by atoms with Crippen LogP contribution in [0.25, 0.3) is 0 Å². The fraction of sp³-hybridized carbons (Fsp3) is 0.941.